The number of aromatic amines is 1. The van der Waals surface area contributed by atoms with Gasteiger partial charge in [-0.1, -0.05) is 12.1 Å². The lowest BCUT2D eigenvalue weighted by Crippen LogP contribution is -2.27. The summed E-state index contributed by atoms with van der Waals surface area (Å²) in [6.45, 7) is 5.08. The van der Waals surface area contributed by atoms with E-state index in [0.717, 1.165) is 46.4 Å². The number of rotatable bonds is 6. The van der Waals surface area contributed by atoms with Gasteiger partial charge in [-0.3, -0.25) is 9.48 Å². The fourth-order valence-corrected chi connectivity index (χ4v) is 5.93. The quantitative estimate of drug-likeness (QED) is 0.324. The zero-order valence-electron chi connectivity index (χ0n) is 21.6. The normalized spacial score (nSPS) is 14.2. The molecule has 5 rings (SSSR count). The first-order valence-corrected chi connectivity index (χ1v) is 13.6. The number of carbonyl (C=O) groups is 2. The number of hydrogen-bond donors (Lipinski definition) is 2. The lowest BCUT2D eigenvalue weighted by Gasteiger charge is -2.15. The maximum atomic E-state index is 12.8. The molecule has 4 heterocycles. The highest BCUT2D eigenvalue weighted by atomic mass is 32.2. The van der Waals surface area contributed by atoms with Gasteiger partial charge < -0.3 is 10.1 Å². The minimum atomic E-state index is -5.08. The molecule has 0 amide bonds. The molecule has 1 aliphatic heterocycles. The standard InChI is InChI=1S/C24H25N5O3S.C2HF3O2/c1-16-23(17(2)30)14-26-29(16)15-19-13-22-21(9-10-25-24(22)27-19)18-5-7-20(8-6-18)33(31,32)28-11-3-4-12-28;3-2(4,5)1(6)7/h5-10,13-14H,3-4,11-12,15H2,1-2H3,(H,25,27);(H,6,7). The number of Topliss-reactive ketones (excluding diaryl/α,β-unsaturated/α-hetero) is 1. The number of hydrogen-bond acceptors (Lipinski definition) is 6. The number of benzene rings is 1. The molecule has 2 N–H and O–H groups in total. The van der Waals surface area contributed by atoms with E-state index in [0.29, 0.717) is 30.1 Å². The predicted octanol–water partition coefficient (Wildman–Crippen LogP) is 4.40. The molecule has 1 saturated heterocycles. The Morgan fingerprint density at radius 3 is 2.27 bits per heavy atom. The molecule has 212 valence electrons. The summed E-state index contributed by atoms with van der Waals surface area (Å²) in [5, 5.41) is 12.4. The van der Waals surface area contributed by atoms with Crippen molar-refractivity contribution in [1.82, 2.24) is 24.1 Å². The summed E-state index contributed by atoms with van der Waals surface area (Å²) in [7, 11) is -3.44. The highest BCUT2D eigenvalue weighted by Crippen LogP contribution is 2.30. The first kappa shape index (κ1) is 29.0. The van der Waals surface area contributed by atoms with Crippen molar-refractivity contribution in [3.05, 3.63) is 65.7 Å². The van der Waals surface area contributed by atoms with Crippen LogP contribution in [-0.4, -0.2) is 68.6 Å². The fraction of sp³-hybridized carbons (Fsp3) is 0.308. The predicted molar refractivity (Wildman–Crippen MR) is 139 cm³/mol. The number of ketones is 1. The molecular formula is C26H26F3N5O5S. The Kier molecular flexibility index (Phi) is 8.12. The van der Waals surface area contributed by atoms with Gasteiger partial charge in [-0.2, -0.15) is 22.6 Å². The number of nitrogens with one attached hydrogen (secondary N) is 1. The van der Waals surface area contributed by atoms with Crippen LogP contribution in [0.15, 0.2) is 53.7 Å². The second-order valence-corrected chi connectivity index (χ2v) is 11.1. The van der Waals surface area contributed by atoms with Crippen LogP contribution in [-0.2, 0) is 21.4 Å². The zero-order chi connectivity index (χ0) is 29.2. The Labute approximate surface area is 227 Å². The molecule has 1 fully saturated rings. The lowest BCUT2D eigenvalue weighted by atomic mass is 10.0. The topological polar surface area (TPSA) is 138 Å². The van der Waals surface area contributed by atoms with Gasteiger partial charge in [0.2, 0.25) is 10.0 Å². The van der Waals surface area contributed by atoms with E-state index in [1.54, 1.807) is 33.5 Å². The van der Waals surface area contributed by atoms with E-state index in [9.17, 15) is 26.4 Å². The van der Waals surface area contributed by atoms with Crippen LogP contribution in [0.5, 0.6) is 0 Å². The van der Waals surface area contributed by atoms with Gasteiger partial charge in [0.25, 0.3) is 0 Å². The zero-order valence-corrected chi connectivity index (χ0v) is 22.4. The third-order valence-electron chi connectivity index (χ3n) is 6.50. The largest absolute Gasteiger partial charge is 0.490 e. The number of fused-ring (bicyclic) bond motifs is 1. The third-order valence-corrected chi connectivity index (χ3v) is 8.41. The molecule has 0 radical (unpaired) electrons. The number of sulfonamides is 1. The smallest absolute Gasteiger partial charge is 0.475 e. The minimum absolute atomic E-state index is 0.00505. The van der Waals surface area contributed by atoms with Crippen molar-refractivity contribution in [1.29, 1.82) is 0 Å². The summed E-state index contributed by atoms with van der Waals surface area (Å²) < 4.78 is 60.7. The van der Waals surface area contributed by atoms with Crippen LogP contribution < -0.4 is 0 Å². The lowest BCUT2D eigenvalue weighted by molar-refractivity contribution is -0.192. The number of aromatic nitrogens is 4. The molecule has 0 atom stereocenters. The van der Waals surface area contributed by atoms with Crippen LogP contribution in [0.2, 0.25) is 0 Å². The number of carbonyl (C=O) groups excluding carboxylic acids is 1. The summed E-state index contributed by atoms with van der Waals surface area (Å²) in [6, 6.07) is 11.0. The van der Waals surface area contributed by atoms with Crippen LogP contribution in [0.1, 0.15) is 41.5 Å². The average Bonchev–Trinajstić information content (AvgIpc) is 3.64. The molecule has 4 aromatic rings. The van der Waals surface area contributed by atoms with Gasteiger partial charge in [0.05, 0.1) is 23.2 Å². The van der Waals surface area contributed by atoms with E-state index in [1.807, 2.05) is 31.2 Å². The van der Waals surface area contributed by atoms with Crippen molar-refractivity contribution in [2.24, 2.45) is 0 Å². The Morgan fingerprint density at radius 2 is 1.73 bits per heavy atom. The van der Waals surface area contributed by atoms with Crippen molar-refractivity contribution < 1.29 is 36.3 Å². The summed E-state index contributed by atoms with van der Waals surface area (Å²) in [5.41, 5.74) is 4.99. The molecule has 1 aromatic carbocycles. The summed E-state index contributed by atoms with van der Waals surface area (Å²) in [6.07, 6.45) is 0.0775. The van der Waals surface area contributed by atoms with E-state index in [-0.39, 0.29) is 5.78 Å². The van der Waals surface area contributed by atoms with Crippen molar-refractivity contribution in [2.45, 2.75) is 44.3 Å². The molecule has 0 spiro atoms. The van der Waals surface area contributed by atoms with Gasteiger partial charge in [-0.25, -0.2) is 18.2 Å². The number of alkyl halides is 3. The third kappa shape index (κ3) is 6.07. The number of H-pyrrole nitrogens is 1. The van der Waals surface area contributed by atoms with Gasteiger partial charge in [-0.05, 0) is 62.1 Å². The van der Waals surface area contributed by atoms with Gasteiger partial charge in [0, 0.05) is 36.1 Å². The number of nitrogens with zero attached hydrogens (tertiary/aromatic N) is 4. The number of halogens is 3. The number of aliphatic carboxylic acids is 1. The van der Waals surface area contributed by atoms with Crippen molar-refractivity contribution in [3.63, 3.8) is 0 Å². The van der Waals surface area contributed by atoms with E-state index in [4.69, 9.17) is 9.90 Å². The number of pyridine rings is 1. The molecular weight excluding hydrogens is 551 g/mol. The van der Waals surface area contributed by atoms with Gasteiger partial charge >= 0.3 is 12.1 Å². The molecule has 0 bridgehead atoms. The second-order valence-electron chi connectivity index (χ2n) is 9.21. The fourth-order valence-electron chi connectivity index (χ4n) is 4.42. The van der Waals surface area contributed by atoms with Crippen LogP contribution in [0, 0.1) is 6.92 Å². The molecule has 0 aliphatic carbocycles. The molecule has 14 heteroatoms. The first-order chi connectivity index (χ1) is 18.8. The number of carboxylic acids is 1. The molecule has 3 aromatic heterocycles. The van der Waals surface area contributed by atoms with Crippen molar-refractivity contribution in [2.75, 3.05) is 13.1 Å². The van der Waals surface area contributed by atoms with E-state index in [1.165, 1.54) is 6.92 Å². The van der Waals surface area contributed by atoms with E-state index >= 15 is 0 Å². The maximum absolute atomic E-state index is 12.8. The summed E-state index contributed by atoms with van der Waals surface area (Å²) in [4.78, 5) is 28.7. The molecule has 0 unspecified atom stereocenters. The van der Waals surface area contributed by atoms with Gasteiger partial charge in [0.15, 0.2) is 5.78 Å². The van der Waals surface area contributed by atoms with Crippen molar-refractivity contribution >= 4 is 32.8 Å². The van der Waals surface area contributed by atoms with Crippen LogP contribution in [0.25, 0.3) is 22.2 Å². The first-order valence-electron chi connectivity index (χ1n) is 12.2. The van der Waals surface area contributed by atoms with E-state index < -0.39 is 22.2 Å². The Hall–Kier alpha value is -4.04. The summed E-state index contributed by atoms with van der Waals surface area (Å²) >= 11 is 0. The van der Waals surface area contributed by atoms with Crippen LogP contribution in [0.4, 0.5) is 13.2 Å². The minimum Gasteiger partial charge on any atom is -0.475 e. The second kappa shape index (κ2) is 11.2. The van der Waals surface area contributed by atoms with Crippen LogP contribution >= 0.6 is 0 Å². The highest BCUT2D eigenvalue weighted by Gasteiger charge is 2.38. The molecule has 40 heavy (non-hydrogen) atoms. The Bertz CT molecular complexity index is 1650. The van der Waals surface area contributed by atoms with Gasteiger partial charge in [0.1, 0.15) is 5.65 Å². The molecule has 10 nitrogen and oxygen atoms in total. The van der Waals surface area contributed by atoms with Crippen LogP contribution in [0.3, 0.4) is 0 Å². The molecule has 0 saturated carbocycles. The number of carboxylic acid groups (broad SMARTS) is 1. The van der Waals surface area contributed by atoms with Gasteiger partial charge in [-0.15, -0.1) is 0 Å². The summed E-state index contributed by atoms with van der Waals surface area (Å²) in [5.74, 6) is -2.76. The SMILES string of the molecule is CC(=O)c1cnn(Cc2cc3c(-c4ccc(S(=O)(=O)N5CCCC5)cc4)ccnc3[nH]2)c1C.O=C(O)C(F)(F)F. The molecule has 1 aliphatic rings. The Morgan fingerprint density at radius 1 is 1.10 bits per heavy atom. The Balaban J connectivity index is 0.000000470. The van der Waals surface area contributed by atoms with Crippen molar-refractivity contribution in [3.8, 4) is 11.1 Å². The monoisotopic (exact) mass is 577 g/mol. The average molecular weight is 578 g/mol. The van der Waals surface area contributed by atoms with E-state index in [2.05, 4.69) is 15.1 Å². The highest BCUT2D eigenvalue weighted by molar-refractivity contribution is 7.89. The maximum Gasteiger partial charge on any atom is 0.490 e.